The molecule has 0 fully saturated rings. The molecule has 0 spiro atoms. The zero-order valence-electron chi connectivity index (χ0n) is 19.5. The number of ether oxygens (including phenoxy) is 2. The number of benzene rings is 5. The Bertz CT molecular complexity index is 1440. The molecule has 166 valence electrons. The van der Waals surface area contributed by atoms with Gasteiger partial charge in [-0.2, -0.15) is 0 Å². The van der Waals surface area contributed by atoms with Crippen molar-refractivity contribution in [1.29, 1.82) is 0 Å². The van der Waals surface area contributed by atoms with Crippen LogP contribution in [0.4, 0.5) is 0 Å². The predicted molar refractivity (Wildman–Crippen MR) is 144 cm³/mol. The molecule has 0 aromatic heterocycles. The fourth-order valence-electron chi connectivity index (χ4n) is 4.44. The molecule has 0 bridgehead atoms. The fraction of sp³-hybridized carbons (Fsp3) is 0.0625. The largest absolute Gasteiger partial charge is 0.496 e. The smallest absolute Gasteiger partial charge is 0.130 e. The number of rotatable bonds is 6. The number of hydrogen-bond donors (Lipinski definition) is 0. The molecular weight excluding hydrogens is 416 g/mol. The lowest BCUT2D eigenvalue weighted by molar-refractivity contribution is 0.393. The van der Waals surface area contributed by atoms with E-state index in [-0.39, 0.29) is 0 Å². The average molecular weight is 443 g/mol. The zero-order chi connectivity index (χ0) is 23.7. The Balaban J connectivity index is 1.61. The summed E-state index contributed by atoms with van der Waals surface area (Å²) in [5, 5.41) is 4.75. The first kappa shape index (κ1) is 21.5. The van der Waals surface area contributed by atoms with Crippen molar-refractivity contribution in [3.63, 3.8) is 0 Å². The molecule has 0 amide bonds. The van der Waals surface area contributed by atoms with Crippen LogP contribution < -0.4 is 9.47 Å². The van der Waals surface area contributed by atoms with Gasteiger partial charge in [0.25, 0.3) is 0 Å². The van der Waals surface area contributed by atoms with Gasteiger partial charge in [0.15, 0.2) is 0 Å². The molecule has 0 aliphatic heterocycles. The summed E-state index contributed by atoms with van der Waals surface area (Å²) in [6.07, 6.45) is 0. The minimum Gasteiger partial charge on any atom is -0.496 e. The predicted octanol–water partition coefficient (Wildman–Crippen LogP) is 8.13. The molecule has 2 nitrogen and oxygen atoms in total. The Morgan fingerprint density at radius 3 is 1.32 bits per heavy atom. The maximum atomic E-state index is 5.75. The highest BCUT2D eigenvalue weighted by molar-refractivity contribution is 5.93. The van der Waals surface area contributed by atoms with Crippen molar-refractivity contribution < 1.29 is 9.47 Å². The molecule has 0 radical (unpaired) electrons. The Hall–Kier alpha value is -4.30. The van der Waals surface area contributed by atoms with Crippen LogP contribution in [-0.2, 0) is 0 Å². The monoisotopic (exact) mass is 442 g/mol. The average Bonchev–Trinajstić information content (AvgIpc) is 2.90. The van der Waals surface area contributed by atoms with Gasteiger partial charge in [0.05, 0.1) is 14.2 Å². The molecule has 2 heteroatoms. The summed E-state index contributed by atoms with van der Waals surface area (Å²) in [5.74, 6) is 1.43. The summed E-state index contributed by atoms with van der Waals surface area (Å²) in [6.45, 7) is 8.86. The molecule has 0 saturated heterocycles. The fourth-order valence-corrected chi connectivity index (χ4v) is 4.44. The lowest BCUT2D eigenvalue weighted by atomic mass is 9.91. The van der Waals surface area contributed by atoms with Gasteiger partial charge in [-0.1, -0.05) is 86.0 Å². The van der Waals surface area contributed by atoms with Gasteiger partial charge in [0, 0.05) is 17.2 Å². The Morgan fingerprint density at radius 2 is 0.912 bits per heavy atom. The molecular formula is C32H26O2. The first-order valence-electron chi connectivity index (χ1n) is 11.2. The molecule has 5 aromatic carbocycles. The van der Waals surface area contributed by atoms with E-state index in [4.69, 9.17) is 9.47 Å². The van der Waals surface area contributed by atoms with Gasteiger partial charge in [0.2, 0.25) is 0 Å². The van der Waals surface area contributed by atoms with Crippen LogP contribution in [0.1, 0.15) is 22.3 Å². The van der Waals surface area contributed by atoms with Crippen LogP contribution in [0.25, 0.3) is 32.7 Å². The van der Waals surface area contributed by atoms with Crippen LogP contribution in [0.5, 0.6) is 11.5 Å². The number of hydrogen-bond acceptors (Lipinski definition) is 2. The molecule has 34 heavy (non-hydrogen) atoms. The van der Waals surface area contributed by atoms with Crippen LogP contribution in [0.15, 0.2) is 110 Å². The minimum atomic E-state index is 0.713. The van der Waals surface area contributed by atoms with E-state index in [9.17, 15) is 0 Å². The van der Waals surface area contributed by atoms with E-state index in [2.05, 4.69) is 92.0 Å². The van der Waals surface area contributed by atoms with Gasteiger partial charge in [-0.25, -0.2) is 0 Å². The quantitative estimate of drug-likeness (QED) is 0.264. The van der Waals surface area contributed by atoms with Gasteiger partial charge in [-0.05, 0) is 62.0 Å². The van der Waals surface area contributed by atoms with Crippen LogP contribution in [0.3, 0.4) is 0 Å². The third-order valence-corrected chi connectivity index (χ3v) is 6.37. The Kier molecular flexibility index (Phi) is 5.65. The second-order valence-electron chi connectivity index (χ2n) is 8.33. The van der Waals surface area contributed by atoms with E-state index in [0.29, 0.717) is 11.5 Å². The van der Waals surface area contributed by atoms with Crippen molar-refractivity contribution in [3.8, 4) is 11.5 Å². The molecule has 5 aromatic rings. The highest BCUT2D eigenvalue weighted by Crippen LogP contribution is 2.40. The van der Waals surface area contributed by atoms with E-state index in [0.717, 1.165) is 33.4 Å². The van der Waals surface area contributed by atoms with Gasteiger partial charge in [0.1, 0.15) is 11.5 Å². The van der Waals surface area contributed by atoms with Crippen molar-refractivity contribution in [2.24, 2.45) is 0 Å². The first-order chi connectivity index (χ1) is 16.6. The lowest BCUT2D eigenvalue weighted by Gasteiger charge is -2.18. The third kappa shape index (κ3) is 3.84. The maximum Gasteiger partial charge on any atom is 0.130 e. The minimum absolute atomic E-state index is 0.713. The van der Waals surface area contributed by atoms with Crippen molar-refractivity contribution in [3.05, 3.63) is 132 Å². The van der Waals surface area contributed by atoms with Crippen LogP contribution >= 0.6 is 0 Å². The van der Waals surface area contributed by atoms with Gasteiger partial charge in [-0.3, -0.25) is 0 Å². The van der Waals surface area contributed by atoms with Crippen LogP contribution in [0.2, 0.25) is 0 Å². The van der Waals surface area contributed by atoms with E-state index in [1.165, 1.54) is 21.5 Å². The molecule has 0 atom stereocenters. The van der Waals surface area contributed by atoms with Gasteiger partial charge < -0.3 is 9.47 Å². The third-order valence-electron chi connectivity index (χ3n) is 6.37. The summed E-state index contributed by atoms with van der Waals surface area (Å²) >= 11 is 0. The summed E-state index contributed by atoms with van der Waals surface area (Å²) in [6, 6.07) is 33.4. The first-order valence-corrected chi connectivity index (χ1v) is 11.2. The van der Waals surface area contributed by atoms with E-state index in [1.807, 2.05) is 18.2 Å². The summed E-state index contributed by atoms with van der Waals surface area (Å²) in [4.78, 5) is 0. The molecule has 0 aliphatic carbocycles. The normalized spacial score (nSPS) is 10.9. The van der Waals surface area contributed by atoms with Gasteiger partial charge >= 0.3 is 0 Å². The van der Waals surface area contributed by atoms with Crippen molar-refractivity contribution in [2.45, 2.75) is 0 Å². The molecule has 0 aliphatic rings. The standard InChI is InChI=1S/C32H26O2/c1-21(25-15-13-23-9-5-7-11-27(23)17-25)29-19-30(32(34-4)20-31(29)33-3)22(2)26-16-14-24-10-6-8-12-28(24)18-26/h5-20H,1-2H2,3-4H3. The Morgan fingerprint density at radius 1 is 0.500 bits per heavy atom. The topological polar surface area (TPSA) is 18.5 Å². The summed E-state index contributed by atoms with van der Waals surface area (Å²) in [5.41, 5.74) is 5.69. The number of methoxy groups -OCH3 is 2. The van der Waals surface area contributed by atoms with Crippen LogP contribution in [0, 0.1) is 0 Å². The van der Waals surface area contributed by atoms with Crippen molar-refractivity contribution in [1.82, 2.24) is 0 Å². The second kappa shape index (κ2) is 8.92. The SMILES string of the molecule is C=C(c1ccc2ccccc2c1)c1cc(C(=C)c2ccc3ccccc3c2)c(OC)cc1OC. The maximum absolute atomic E-state index is 5.75. The molecule has 0 unspecified atom stereocenters. The zero-order valence-corrected chi connectivity index (χ0v) is 19.5. The Labute approximate surface area is 200 Å². The van der Waals surface area contributed by atoms with Gasteiger partial charge in [-0.15, -0.1) is 0 Å². The molecule has 0 N–H and O–H groups in total. The van der Waals surface area contributed by atoms with Crippen LogP contribution in [-0.4, -0.2) is 14.2 Å². The number of fused-ring (bicyclic) bond motifs is 2. The lowest BCUT2D eigenvalue weighted by Crippen LogP contribution is -1.99. The molecule has 0 heterocycles. The van der Waals surface area contributed by atoms with Crippen molar-refractivity contribution in [2.75, 3.05) is 14.2 Å². The summed E-state index contributed by atoms with van der Waals surface area (Å²) in [7, 11) is 3.34. The molecule has 0 saturated carbocycles. The summed E-state index contributed by atoms with van der Waals surface area (Å²) < 4.78 is 11.5. The van der Waals surface area contributed by atoms with E-state index < -0.39 is 0 Å². The molecule has 5 rings (SSSR count). The highest BCUT2D eigenvalue weighted by Gasteiger charge is 2.18. The van der Waals surface area contributed by atoms with E-state index >= 15 is 0 Å². The van der Waals surface area contributed by atoms with E-state index in [1.54, 1.807) is 14.2 Å². The van der Waals surface area contributed by atoms with Crippen molar-refractivity contribution >= 4 is 32.7 Å². The second-order valence-corrected chi connectivity index (χ2v) is 8.33. The highest BCUT2D eigenvalue weighted by atomic mass is 16.5.